The molecule has 21 heavy (non-hydrogen) atoms. The van der Waals surface area contributed by atoms with Crippen LogP contribution in [0, 0.1) is 5.82 Å². The Morgan fingerprint density at radius 2 is 2.14 bits per heavy atom. The van der Waals surface area contributed by atoms with Crippen LogP contribution in [0.25, 0.3) is 10.9 Å². The number of hydrogen-bond donors (Lipinski definition) is 2. The Morgan fingerprint density at radius 3 is 2.90 bits per heavy atom. The van der Waals surface area contributed by atoms with E-state index in [1.54, 1.807) is 18.3 Å². The fraction of sp³-hybridized carbons (Fsp3) is 0.0667. The Bertz CT molecular complexity index is 814. The number of carbonyl (C=O) groups is 1. The summed E-state index contributed by atoms with van der Waals surface area (Å²) in [4.78, 5) is 12.1. The largest absolute Gasteiger partial charge is 0.497 e. The van der Waals surface area contributed by atoms with Crippen molar-refractivity contribution in [2.24, 2.45) is 0 Å². The smallest absolute Gasteiger partial charge is 0.258 e. The Kier molecular flexibility index (Phi) is 3.27. The van der Waals surface area contributed by atoms with Gasteiger partial charge in [-0.25, -0.2) is 4.39 Å². The maximum Gasteiger partial charge on any atom is 0.258 e. The molecule has 0 aliphatic carbocycles. The van der Waals surface area contributed by atoms with E-state index in [4.69, 9.17) is 4.74 Å². The highest BCUT2D eigenvalue weighted by atomic mass is 19.1. The lowest BCUT2D eigenvalue weighted by Gasteiger charge is -2.07. The van der Waals surface area contributed by atoms with E-state index >= 15 is 0 Å². The number of nitrogens with zero attached hydrogens (tertiary/aromatic N) is 1. The predicted molar refractivity (Wildman–Crippen MR) is 77.0 cm³/mol. The third-order valence-electron chi connectivity index (χ3n) is 3.12. The number of nitrogens with one attached hydrogen (secondary N) is 2. The zero-order valence-corrected chi connectivity index (χ0v) is 11.2. The van der Waals surface area contributed by atoms with Crippen molar-refractivity contribution in [1.82, 2.24) is 10.2 Å². The SMILES string of the molecule is COc1ccc(C(=O)Nc2ccc3cn[nH]c3c2)c(F)c1. The van der Waals surface area contributed by atoms with Crippen LogP contribution in [-0.4, -0.2) is 23.2 Å². The number of methoxy groups -OCH3 is 1. The number of fused-ring (bicyclic) bond motifs is 1. The van der Waals surface area contributed by atoms with Gasteiger partial charge in [-0.2, -0.15) is 5.10 Å². The summed E-state index contributed by atoms with van der Waals surface area (Å²) in [6.07, 6.45) is 1.68. The first-order valence-electron chi connectivity index (χ1n) is 6.25. The second-order valence-electron chi connectivity index (χ2n) is 4.47. The lowest BCUT2D eigenvalue weighted by atomic mass is 10.1. The molecule has 1 amide bonds. The molecule has 1 heterocycles. The Labute approximate surface area is 119 Å². The van der Waals surface area contributed by atoms with Gasteiger partial charge in [0.05, 0.1) is 24.4 Å². The number of amides is 1. The van der Waals surface area contributed by atoms with E-state index in [1.165, 1.54) is 25.3 Å². The average molecular weight is 285 g/mol. The zero-order chi connectivity index (χ0) is 14.8. The summed E-state index contributed by atoms with van der Waals surface area (Å²) in [5, 5.41) is 10.3. The Hall–Kier alpha value is -2.89. The number of anilines is 1. The lowest BCUT2D eigenvalue weighted by Crippen LogP contribution is -2.13. The molecular weight excluding hydrogens is 273 g/mol. The third-order valence-corrected chi connectivity index (χ3v) is 3.12. The van der Waals surface area contributed by atoms with Gasteiger partial charge in [-0.1, -0.05) is 0 Å². The molecular formula is C15H12FN3O2. The van der Waals surface area contributed by atoms with E-state index in [9.17, 15) is 9.18 Å². The van der Waals surface area contributed by atoms with Crippen LogP contribution in [0.1, 0.15) is 10.4 Å². The molecule has 0 unspecified atom stereocenters. The van der Waals surface area contributed by atoms with Crippen LogP contribution >= 0.6 is 0 Å². The van der Waals surface area contributed by atoms with Crippen molar-refractivity contribution in [3.63, 3.8) is 0 Å². The topological polar surface area (TPSA) is 67.0 Å². The summed E-state index contributed by atoms with van der Waals surface area (Å²) in [7, 11) is 1.44. The van der Waals surface area contributed by atoms with Crippen LogP contribution < -0.4 is 10.1 Å². The molecule has 0 saturated carbocycles. The molecule has 3 aromatic rings. The first-order valence-corrected chi connectivity index (χ1v) is 6.25. The minimum absolute atomic E-state index is 0.0412. The highest BCUT2D eigenvalue weighted by Gasteiger charge is 2.13. The molecule has 6 heteroatoms. The van der Waals surface area contributed by atoms with Crippen molar-refractivity contribution in [2.45, 2.75) is 0 Å². The predicted octanol–water partition coefficient (Wildman–Crippen LogP) is 2.96. The molecule has 5 nitrogen and oxygen atoms in total. The van der Waals surface area contributed by atoms with Crippen molar-refractivity contribution < 1.29 is 13.9 Å². The van der Waals surface area contributed by atoms with Gasteiger partial charge in [-0.15, -0.1) is 0 Å². The van der Waals surface area contributed by atoms with Gasteiger partial charge in [-0.3, -0.25) is 9.89 Å². The average Bonchev–Trinajstić information content (AvgIpc) is 2.94. The molecule has 0 aliphatic heterocycles. The van der Waals surface area contributed by atoms with Crippen LogP contribution in [-0.2, 0) is 0 Å². The van der Waals surface area contributed by atoms with Crippen molar-refractivity contribution in [2.75, 3.05) is 12.4 Å². The monoisotopic (exact) mass is 285 g/mol. The number of carbonyl (C=O) groups excluding carboxylic acids is 1. The first kappa shape index (κ1) is 13.1. The normalized spacial score (nSPS) is 10.6. The summed E-state index contributed by atoms with van der Waals surface area (Å²) >= 11 is 0. The van der Waals surface area contributed by atoms with Crippen molar-refractivity contribution in [3.05, 3.63) is 54.0 Å². The first-order chi connectivity index (χ1) is 10.2. The fourth-order valence-electron chi connectivity index (χ4n) is 2.02. The van der Waals surface area contributed by atoms with E-state index in [1.807, 2.05) is 6.07 Å². The zero-order valence-electron chi connectivity index (χ0n) is 11.2. The fourth-order valence-corrected chi connectivity index (χ4v) is 2.02. The second kappa shape index (κ2) is 5.24. The summed E-state index contributed by atoms with van der Waals surface area (Å²) in [5.74, 6) is -0.786. The molecule has 0 bridgehead atoms. The highest BCUT2D eigenvalue weighted by molar-refractivity contribution is 6.05. The Balaban J connectivity index is 1.85. The number of aromatic amines is 1. The lowest BCUT2D eigenvalue weighted by molar-refractivity contribution is 0.102. The van der Waals surface area contributed by atoms with Gasteiger partial charge in [0.1, 0.15) is 11.6 Å². The van der Waals surface area contributed by atoms with Gasteiger partial charge < -0.3 is 10.1 Å². The van der Waals surface area contributed by atoms with E-state index in [2.05, 4.69) is 15.5 Å². The summed E-state index contributed by atoms with van der Waals surface area (Å²) < 4.78 is 18.7. The van der Waals surface area contributed by atoms with Crippen molar-refractivity contribution >= 4 is 22.5 Å². The maximum absolute atomic E-state index is 13.8. The second-order valence-corrected chi connectivity index (χ2v) is 4.47. The number of H-pyrrole nitrogens is 1. The molecule has 0 radical (unpaired) electrons. The van der Waals surface area contributed by atoms with E-state index in [0.29, 0.717) is 11.4 Å². The number of benzene rings is 2. The van der Waals surface area contributed by atoms with Gasteiger partial charge in [0, 0.05) is 17.1 Å². The van der Waals surface area contributed by atoms with Crippen LogP contribution in [0.5, 0.6) is 5.75 Å². The van der Waals surface area contributed by atoms with Gasteiger partial charge >= 0.3 is 0 Å². The molecule has 2 aromatic carbocycles. The number of halogens is 1. The van der Waals surface area contributed by atoms with Crippen LogP contribution in [0.2, 0.25) is 0 Å². The molecule has 0 aliphatic rings. The van der Waals surface area contributed by atoms with E-state index < -0.39 is 11.7 Å². The van der Waals surface area contributed by atoms with Crippen molar-refractivity contribution in [1.29, 1.82) is 0 Å². The number of rotatable bonds is 3. The van der Waals surface area contributed by atoms with Gasteiger partial charge in [-0.05, 0) is 30.3 Å². The standard InChI is InChI=1S/C15H12FN3O2/c1-21-11-4-5-12(13(16)7-11)15(20)18-10-3-2-9-8-17-19-14(9)6-10/h2-8H,1H3,(H,17,19)(H,18,20). The van der Waals surface area contributed by atoms with Crippen LogP contribution in [0.4, 0.5) is 10.1 Å². The van der Waals surface area contributed by atoms with E-state index in [-0.39, 0.29) is 5.56 Å². The van der Waals surface area contributed by atoms with Crippen LogP contribution in [0.15, 0.2) is 42.6 Å². The minimum Gasteiger partial charge on any atom is -0.497 e. The molecule has 1 aromatic heterocycles. The summed E-state index contributed by atoms with van der Waals surface area (Å²) in [5.41, 5.74) is 1.32. The Morgan fingerprint density at radius 1 is 1.29 bits per heavy atom. The molecule has 0 fully saturated rings. The number of aromatic nitrogens is 2. The van der Waals surface area contributed by atoms with Crippen molar-refractivity contribution in [3.8, 4) is 5.75 Å². The highest BCUT2D eigenvalue weighted by Crippen LogP contribution is 2.20. The maximum atomic E-state index is 13.8. The summed E-state index contributed by atoms with van der Waals surface area (Å²) in [6.45, 7) is 0. The number of hydrogen-bond acceptors (Lipinski definition) is 3. The quantitative estimate of drug-likeness (QED) is 0.777. The van der Waals surface area contributed by atoms with Gasteiger partial charge in [0.2, 0.25) is 0 Å². The summed E-state index contributed by atoms with van der Waals surface area (Å²) in [6, 6.07) is 9.39. The molecule has 0 saturated heterocycles. The minimum atomic E-state index is -0.630. The molecule has 3 rings (SSSR count). The molecule has 0 atom stereocenters. The van der Waals surface area contributed by atoms with Crippen LogP contribution in [0.3, 0.4) is 0 Å². The number of ether oxygens (including phenoxy) is 1. The molecule has 0 spiro atoms. The molecule has 2 N–H and O–H groups in total. The molecule has 106 valence electrons. The third kappa shape index (κ3) is 2.55. The van der Waals surface area contributed by atoms with Gasteiger partial charge in [0.25, 0.3) is 5.91 Å². The van der Waals surface area contributed by atoms with Gasteiger partial charge in [0.15, 0.2) is 0 Å². The van der Waals surface area contributed by atoms with E-state index in [0.717, 1.165) is 10.9 Å².